The van der Waals surface area contributed by atoms with E-state index in [2.05, 4.69) is 20.6 Å². The van der Waals surface area contributed by atoms with Crippen LogP contribution < -0.4 is 15.5 Å². The van der Waals surface area contributed by atoms with Gasteiger partial charge in [-0.25, -0.2) is 9.97 Å². The third-order valence-corrected chi connectivity index (χ3v) is 8.63. The van der Waals surface area contributed by atoms with E-state index in [-0.39, 0.29) is 17.9 Å². The highest BCUT2D eigenvalue weighted by Crippen LogP contribution is 2.31. The molecule has 1 aromatic heterocycles. The predicted octanol–water partition coefficient (Wildman–Crippen LogP) is 7.27. The highest BCUT2D eigenvalue weighted by Gasteiger charge is 2.27. The Labute approximate surface area is 234 Å². The molecule has 2 aromatic rings. The lowest BCUT2D eigenvalue weighted by molar-refractivity contribution is -0.123. The van der Waals surface area contributed by atoms with Crippen molar-refractivity contribution >= 4 is 29.1 Å². The fraction of sp³-hybridized carbons (Fsp3) is 0.645. The van der Waals surface area contributed by atoms with Crippen LogP contribution in [0.3, 0.4) is 0 Å². The molecule has 6 nitrogen and oxygen atoms in total. The number of hydrogen-bond acceptors (Lipinski definition) is 5. The molecule has 0 aliphatic heterocycles. The molecule has 0 spiro atoms. The van der Waals surface area contributed by atoms with Gasteiger partial charge in [0.05, 0.1) is 5.92 Å². The predicted molar refractivity (Wildman–Crippen MR) is 158 cm³/mol. The Balaban J connectivity index is 1.28. The maximum absolute atomic E-state index is 13.5. The molecule has 4 rings (SSSR count). The number of carbonyl (C=O) groups is 1. The molecule has 2 aliphatic rings. The summed E-state index contributed by atoms with van der Waals surface area (Å²) >= 11 is 6.15. The quantitative estimate of drug-likeness (QED) is 0.294. The van der Waals surface area contributed by atoms with Crippen LogP contribution in [0.2, 0.25) is 5.02 Å². The smallest absolute Gasteiger partial charge is 0.227 e. The Bertz CT molecular complexity index is 1010. The van der Waals surface area contributed by atoms with Gasteiger partial charge in [-0.1, -0.05) is 75.1 Å². The number of nitrogens with one attached hydrogen (secondary N) is 2. The summed E-state index contributed by atoms with van der Waals surface area (Å²) in [5, 5.41) is 7.73. The van der Waals surface area contributed by atoms with Crippen LogP contribution in [0.5, 0.6) is 0 Å². The van der Waals surface area contributed by atoms with Crippen LogP contribution in [0.1, 0.15) is 101 Å². The summed E-state index contributed by atoms with van der Waals surface area (Å²) in [5.41, 5.74) is 1.08. The number of carbonyl (C=O) groups excluding carboxylic acids is 1. The molecule has 1 heterocycles. The fourth-order valence-corrected chi connectivity index (χ4v) is 6.28. The van der Waals surface area contributed by atoms with E-state index in [1.165, 1.54) is 44.9 Å². The molecule has 2 fully saturated rings. The van der Waals surface area contributed by atoms with Crippen molar-refractivity contribution in [1.29, 1.82) is 0 Å². The van der Waals surface area contributed by atoms with E-state index in [9.17, 15) is 4.79 Å². The first-order valence-electron chi connectivity index (χ1n) is 14.7. The first-order valence-corrected chi connectivity index (χ1v) is 15.1. The van der Waals surface area contributed by atoms with Crippen LogP contribution in [-0.4, -0.2) is 42.1 Å². The molecule has 1 unspecified atom stereocenters. The maximum atomic E-state index is 13.5. The molecule has 1 aromatic carbocycles. The Morgan fingerprint density at radius 3 is 2.34 bits per heavy atom. The molecule has 0 saturated heterocycles. The lowest BCUT2D eigenvalue weighted by atomic mass is 9.84. The van der Waals surface area contributed by atoms with E-state index >= 15 is 0 Å². The summed E-state index contributed by atoms with van der Waals surface area (Å²) in [5.74, 6) is 3.52. The second-order valence-electron chi connectivity index (χ2n) is 11.6. The molecule has 1 atom stereocenters. The molecule has 0 radical (unpaired) electrons. The van der Waals surface area contributed by atoms with Crippen LogP contribution in [-0.2, 0) is 4.79 Å². The number of aromatic nitrogens is 2. The normalized spacial score (nSPS) is 21.1. The molecule has 208 valence electrons. The second-order valence-corrected chi connectivity index (χ2v) is 12.1. The molecular formula is C31H46ClN5O. The lowest BCUT2D eigenvalue weighted by Gasteiger charge is -2.31. The van der Waals surface area contributed by atoms with Crippen molar-refractivity contribution in [3.05, 3.63) is 46.7 Å². The number of aryl methyl sites for hydroxylation is 1. The van der Waals surface area contributed by atoms with Gasteiger partial charge in [0.2, 0.25) is 5.91 Å². The van der Waals surface area contributed by atoms with Crippen molar-refractivity contribution in [3.63, 3.8) is 0 Å². The largest absolute Gasteiger partial charge is 0.367 e. The van der Waals surface area contributed by atoms with E-state index in [1.807, 2.05) is 56.3 Å². The topological polar surface area (TPSA) is 70.2 Å². The van der Waals surface area contributed by atoms with E-state index in [0.29, 0.717) is 11.1 Å². The second kappa shape index (κ2) is 14.2. The van der Waals surface area contributed by atoms with Gasteiger partial charge in [-0.05, 0) is 62.6 Å². The summed E-state index contributed by atoms with van der Waals surface area (Å²) in [6.45, 7) is 1.93. The van der Waals surface area contributed by atoms with Crippen LogP contribution in [0, 0.1) is 12.8 Å². The minimum absolute atomic E-state index is 0.108. The van der Waals surface area contributed by atoms with E-state index in [0.717, 1.165) is 67.5 Å². The van der Waals surface area contributed by atoms with Gasteiger partial charge in [-0.2, -0.15) is 0 Å². The minimum Gasteiger partial charge on any atom is -0.367 e. The first-order chi connectivity index (χ1) is 18.4. The number of hydrogen-bond donors (Lipinski definition) is 2. The van der Waals surface area contributed by atoms with Crippen molar-refractivity contribution in [2.45, 2.75) is 108 Å². The summed E-state index contributed by atoms with van der Waals surface area (Å²) < 4.78 is 0. The summed E-state index contributed by atoms with van der Waals surface area (Å²) in [4.78, 5) is 24.6. The molecule has 38 heavy (non-hydrogen) atoms. The van der Waals surface area contributed by atoms with Gasteiger partial charge in [0, 0.05) is 37.3 Å². The van der Waals surface area contributed by atoms with Gasteiger partial charge in [0.15, 0.2) is 0 Å². The number of halogens is 1. The number of amides is 1. The van der Waals surface area contributed by atoms with Gasteiger partial charge in [-0.15, -0.1) is 0 Å². The van der Waals surface area contributed by atoms with Gasteiger partial charge >= 0.3 is 0 Å². The van der Waals surface area contributed by atoms with E-state index in [4.69, 9.17) is 11.6 Å². The molecule has 0 bridgehead atoms. The standard InChI is InChI=1S/C31H46ClN5O/c1-22-33-29(21-30(34-22)37(2)3)35-26-17-19-27(20-18-26)36-31(38)28(24-13-15-25(32)16-14-24)12-8-7-11-23-9-5-4-6-10-23/h13-16,21,23,26-28H,4-12,17-20H2,1-3H3,(H,36,38)(H,33,34,35). The third kappa shape index (κ3) is 8.59. The highest BCUT2D eigenvalue weighted by molar-refractivity contribution is 6.30. The number of rotatable bonds is 11. The average molecular weight is 540 g/mol. The number of benzene rings is 1. The van der Waals surface area contributed by atoms with Crippen molar-refractivity contribution in [1.82, 2.24) is 15.3 Å². The van der Waals surface area contributed by atoms with Crippen molar-refractivity contribution < 1.29 is 4.79 Å². The summed E-state index contributed by atoms with van der Waals surface area (Å²) in [7, 11) is 3.99. The Kier molecular flexibility index (Phi) is 10.7. The van der Waals surface area contributed by atoms with Crippen LogP contribution in [0.25, 0.3) is 0 Å². The first kappa shape index (κ1) is 28.7. The summed E-state index contributed by atoms with van der Waals surface area (Å²) in [6.07, 6.45) is 15.5. The van der Waals surface area contributed by atoms with Gasteiger partial charge < -0.3 is 15.5 Å². The molecular weight excluding hydrogens is 494 g/mol. The highest BCUT2D eigenvalue weighted by atomic mass is 35.5. The minimum atomic E-state index is -0.108. The number of anilines is 2. The zero-order chi connectivity index (χ0) is 26.9. The maximum Gasteiger partial charge on any atom is 0.227 e. The Morgan fingerprint density at radius 2 is 1.66 bits per heavy atom. The van der Waals surface area contributed by atoms with Crippen LogP contribution in [0.4, 0.5) is 11.6 Å². The molecule has 1 amide bonds. The van der Waals surface area contributed by atoms with Gasteiger partial charge in [0.25, 0.3) is 0 Å². The van der Waals surface area contributed by atoms with Crippen LogP contribution >= 0.6 is 11.6 Å². The zero-order valence-corrected chi connectivity index (χ0v) is 24.3. The Morgan fingerprint density at radius 1 is 0.974 bits per heavy atom. The fourth-order valence-electron chi connectivity index (χ4n) is 6.15. The zero-order valence-electron chi connectivity index (χ0n) is 23.5. The van der Waals surface area contributed by atoms with Crippen molar-refractivity contribution in [2.24, 2.45) is 5.92 Å². The Hall–Kier alpha value is -2.34. The van der Waals surface area contributed by atoms with Crippen LogP contribution in [0.15, 0.2) is 30.3 Å². The monoisotopic (exact) mass is 539 g/mol. The molecule has 7 heteroatoms. The van der Waals surface area contributed by atoms with Gasteiger partial charge in [0.1, 0.15) is 17.5 Å². The van der Waals surface area contributed by atoms with E-state index in [1.54, 1.807) is 0 Å². The molecule has 2 aliphatic carbocycles. The summed E-state index contributed by atoms with van der Waals surface area (Å²) in [6, 6.07) is 10.5. The lowest BCUT2D eigenvalue weighted by Crippen LogP contribution is -2.42. The third-order valence-electron chi connectivity index (χ3n) is 8.38. The average Bonchev–Trinajstić information content (AvgIpc) is 2.91. The molecule has 2 saturated carbocycles. The number of unbranched alkanes of at least 4 members (excludes halogenated alkanes) is 1. The van der Waals surface area contributed by atoms with Crippen molar-refractivity contribution in [2.75, 3.05) is 24.3 Å². The SMILES string of the molecule is Cc1nc(NC2CCC(NC(=O)C(CCCCC3CCCCC3)c3ccc(Cl)cc3)CC2)cc(N(C)C)n1. The van der Waals surface area contributed by atoms with Gasteiger partial charge in [-0.3, -0.25) is 4.79 Å². The van der Waals surface area contributed by atoms with E-state index < -0.39 is 0 Å². The number of nitrogens with zero attached hydrogens (tertiary/aromatic N) is 3. The molecule has 2 N–H and O–H groups in total. The van der Waals surface area contributed by atoms with Crippen molar-refractivity contribution in [3.8, 4) is 0 Å².